The number of fused-ring (bicyclic) bond motifs is 1. The lowest BCUT2D eigenvalue weighted by molar-refractivity contribution is 0.822. The molecule has 0 saturated carbocycles. The maximum atomic E-state index is 9.23. The lowest BCUT2D eigenvalue weighted by atomic mass is 10.1. The summed E-state index contributed by atoms with van der Waals surface area (Å²) in [6.45, 7) is 2.78. The van der Waals surface area contributed by atoms with Crippen LogP contribution < -0.4 is 5.73 Å². The molecule has 2 heterocycles. The molecule has 0 aliphatic rings. The monoisotopic (exact) mass is 277 g/mol. The molecule has 2 N–H and O–H groups in total. The average molecular weight is 277 g/mol. The molecule has 104 valence electrons. The van der Waals surface area contributed by atoms with E-state index in [-0.39, 0.29) is 0 Å². The Bertz CT molecular complexity index is 824. The molecule has 0 amide bonds. The Balaban J connectivity index is 2.04. The summed E-state index contributed by atoms with van der Waals surface area (Å²) in [5.41, 5.74) is 9.53. The minimum Gasteiger partial charge on any atom is -0.383 e. The summed E-state index contributed by atoms with van der Waals surface area (Å²) in [5, 5.41) is 9.86. The number of hydrogen-bond donors (Lipinski definition) is 1. The Labute approximate surface area is 122 Å². The molecule has 3 rings (SSSR count). The maximum Gasteiger partial charge on any atom is 0.147 e. The number of nitrogen functional groups attached to an aromatic ring is 1. The predicted octanol–water partition coefficient (Wildman–Crippen LogP) is 2.50. The van der Waals surface area contributed by atoms with Crippen molar-refractivity contribution in [1.82, 2.24) is 14.5 Å². The van der Waals surface area contributed by atoms with Gasteiger partial charge < -0.3 is 10.3 Å². The van der Waals surface area contributed by atoms with Gasteiger partial charge in [-0.3, -0.25) is 0 Å². The molecule has 0 aliphatic carbocycles. The molecule has 0 spiro atoms. The quantitative estimate of drug-likeness (QED) is 0.797. The third kappa shape index (κ3) is 2.32. The third-order valence-electron chi connectivity index (χ3n) is 3.59. The number of nitriles is 1. The van der Waals surface area contributed by atoms with Crippen LogP contribution in [0.1, 0.15) is 23.6 Å². The van der Waals surface area contributed by atoms with Gasteiger partial charge in [-0.25, -0.2) is 9.97 Å². The van der Waals surface area contributed by atoms with Gasteiger partial charge in [0, 0.05) is 12.7 Å². The number of nitrogens with two attached hydrogens (primary N) is 1. The first-order valence-corrected chi connectivity index (χ1v) is 6.80. The highest BCUT2D eigenvalue weighted by Crippen LogP contribution is 2.23. The van der Waals surface area contributed by atoms with Gasteiger partial charge in [-0.2, -0.15) is 5.26 Å². The summed E-state index contributed by atoms with van der Waals surface area (Å²) in [4.78, 5) is 8.22. The third-order valence-corrected chi connectivity index (χ3v) is 3.59. The van der Waals surface area contributed by atoms with Crippen LogP contribution in [-0.4, -0.2) is 14.5 Å². The van der Waals surface area contributed by atoms with E-state index < -0.39 is 0 Å². The van der Waals surface area contributed by atoms with Crippen LogP contribution >= 0.6 is 0 Å². The van der Waals surface area contributed by atoms with E-state index in [1.54, 1.807) is 6.20 Å². The fourth-order valence-corrected chi connectivity index (χ4v) is 2.43. The predicted molar refractivity (Wildman–Crippen MR) is 81.6 cm³/mol. The largest absolute Gasteiger partial charge is 0.383 e. The highest BCUT2D eigenvalue weighted by atomic mass is 15.1. The first-order valence-electron chi connectivity index (χ1n) is 6.80. The van der Waals surface area contributed by atoms with Crippen LogP contribution in [0.5, 0.6) is 0 Å². The summed E-state index contributed by atoms with van der Waals surface area (Å²) < 4.78 is 1.94. The minimum atomic E-state index is 0.344. The van der Waals surface area contributed by atoms with Crippen LogP contribution in [0.25, 0.3) is 11.0 Å². The Hall–Kier alpha value is -2.87. The van der Waals surface area contributed by atoms with Crippen LogP contribution in [0.15, 0.2) is 36.8 Å². The number of rotatable bonds is 3. The highest BCUT2D eigenvalue weighted by molar-refractivity contribution is 5.91. The summed E-state index contributed by atoms with van der Waals surface area (Å²) >= 11 is 0. The number of anilines is 1. The van der Waals surface area contributed by atoms with E-state index >= 15 is 0 Å². The number of aryl methyl sites for hydroxylation is 1. The van der Waals surface area contributed by atoms with Gasteiger partial charge in [0.2, 0.25) is 0 Å². The molecule has 1 aromatic carbocycles. The van der Waals surface area contributed by atoms with Gasteiger partial charge in [0.1, 0.15) is 23.9 Å². The van der Waals surface area contributed by atoms with Crippen LogP contribution in [0.4, 0.5) is 5.82 Å². The van der Waals surface area contributed by atoms with E-state index in [2.05, 4.69) is 47.2 Å². The molecule has 2 aromatic heterocycles. The molecule has 0 fully saturated rings. The molecule has 5 nitrogen and oxygen atoms in total. The van der Waals surface area contributed by atoms with Crippen molar-refractivity contribution in [3.05, 3.63) is 53.5 Å². The SMILES string of the molecule is CCc1ccc(Cn2cc(C#N)c3c(N)ncnc32)cc1. The summed E-state index contributed by atoms with van der Waals surface area (Å²) in [6.07, 6.45) is 4.23. The molecule has 3 aromatic rings. The van der Waals surface area contributed by atoms with E-state index in [4.69, 9.17) is 5.73 Å². The molecular formula is C16H15N5. The molecule has 0 unspecified atom stereocenters. The van der Waals surface area contributed by atoms with Gasteiger partial charge in [0.15, 0.2) is 0 Å². The topological polar surface area (TPSA) is 80.5 Å². The van der Waals surface area contributed by atoms with Crippen molar-refractivity contribution in [3.8, 4) is 6.07 Å². The van der Waals surface area contributed by atoms with Gasteiger partial charge >= 0.3 is 0 Å². The van der Waals surface area contributed by atoms with E-state index in [1.807, 2.05) is 4.57 Å². The Morgan fingerprint density at radius 3 is 2.57 bits per heavy atom. The van der Waals surface area contributed by atoms with E-state index in [9.17, 15) is 5.26 Å². The second-order valence-corrected chi connectivity index (χ2v) is 4.91. The first kappa shape index (κ1) is 13.1. The molecule has 0 atom stereocenters. The van der Waals surface area contributed by atoms with Gasteiger partial charge in [0.05, 0.1) is 10.9 Å². The van der Waals surface area contributed by atoms with E-state index in [0.717, 1.165) is 12.0 Å². The number of aromatic nitrogens is 3. The normalized spacial score (nSPS) is 10.7. The standard InChI is InChI=1S/C16H15N5/c1-2-11-3-5-12(6-4-11)8-21-9-13(7-17)14-15(18)19-10-20-16(14)21/h3-6,9-10H,2,8H2,1H3,(H2,18,19,20). The Kier molecular flexibility index (Phi) is 3.28. The fourth-order valence-electron chi connectivity index (χ4n) is 2.43. The molecule has 21 heavy (non-hydrogen) atoms. The molecule has 0 bridgehead atoms. The van der Waals surface area contributed by atoms with Gasteiger partial charge in [-0.1, -0.05) is 31.2 Å². The van der Waals surface area contributed by atoms with Crippen molar-refractivity contribution in [3.63, 3.8) is 0 Å². The van der Waals surface area contributed by atoms with Crippen molar-refractivity contribution in [2.24, 2.45) is 0 Å². The van der Waals surface area contributed by atoms with Crippen LogP contribution in [0.3, 0.4) is 0 Å². The van der Waals surface area contributed by atoms with Crippen LogP contribution in [0.2, 0.25) is 0 Å². The molecule has 0 aliphatic heterocycles. The van der Waals surface area contributed by atoms with Crippen molar-refractivity contribution in [1.29, 1.82) is 5.26 Å². The second-order valence-electron chi connectivity index (χ2n) is 4.91. The smallest absolute Gasteiger partial charge is 0.147 e. The maximum absolute atomic E-state index is 9.23. The zero-order chi connectivity index (χ0) is 14.8. The minimum absolute atomic E-state index is 0.344. The van der Waals surface area contributed by atoms with Crippen molar-refractivity contribution < 1.29 is 0 Å². The van der Waals surface area contributed by atoms with Crippen molar-refractivity contribution >= 4 is 16.9 Å². The second kappa shape index (κ2) is 5.25. The zero-order valence-corrected chi connectivity index (χ0v) is 11.7. The Morgan fingerprint density at radius 2 is 1.90 bits per heavy atom. The molecule has 0 saturated heterocycles. The fraction of sp³-hybridized carbons (Fsp3) is 0.188. The van der Waals surface area contributed by atoms with Crippen molar-refractivity contribution in [2.75, 3.05) is 5.73 Å². The van der Waals surface area contributed by atoms with Gasteiger partial charge in [-0.05, 0) is 17.5 Å². The summed E-state index contributed by atoms with van der Waals surface area (Å²) in [5.74, 6) is 0.344. The lowest BCUT2D eigenvalue weighted by Crippen LogP contribution is -2.00. The molecular weight excluding hydrogens is 262 g/mol. The molecule has 0 radical (unpaired) electrons. The van der Waals surface area contributed by atoms with E-state index in [1.165, 1.54) is 11.9 Å². The van der Waals surface area contributed by atoms with Crippen molar-refractivity contribution in [2.45, 2.75) is 19.9 Å². The summed E-state index contributed by atoms with van der Waals surface area (Å²) in [6, 6.07) is 10.6. The number of nitrogens with zero attached hydrogens (tertiary/aromatic N) is 4. The zero-order valence-electron chi connectivity index (χ0n) is 11.7. The first-order chi connectivity index (χ1) is 10.2. The van der Waals surface area contributed by atoms with Crippen LogP contribution in [0, 0.1) is 11.3 Å². The van der Waals surface area contributed by atoms with Gasteiger partial charge in [0.25, 0.3) is 0 Å². The van der Waals surface area contributed by atoms with E-state index in [0.29, 0.717) is 29.0 Å². The average Bonchev–Trinajstić information content (AvgIpc) is 2.87. The molecule has 5 heteroatoms. The van der Waals surface area contributed by atoms with Gasteiger partial charge in [-0.15, -0.1) is 0 Å². The number of hydrogen-bond acceptors (Lipinski definition) is 4. The Morgan fingerprint density at radius 1 is 1.19 bits per heavy atom. The lowest BCUT2D eigenvalue weighted by Gasteiger charge is -2.06. The van der Waals surface area contributed by atoms with Crippen LogP contribution in [-0.2, 0) is 13.0 Å². The highest BCUT2D eigenvalue weighted by Gasteiger charge is 2.13. The number of benzene rings is 1. The summed E-state index contributed by atoms with van der Waals surface area (Å²) in [7, 11) is 0.